The van der Waals surface area contributed by atoms with Crippen molar-refractivity contribution in [2.24, 2.45) is 17.3 Å². The maximum Gasteiger partial charge on any atom is 0.0858 e. The van der Waals surface area contributed by atoms with Crippen LogP contribution in [0.25, 0.3) is 0 Å². The summed E-state index contributed by atoms with van der Waals surface area (Å²) in [5.74, 6) is 0.986. The van der Waals surface area contributed by atoms with Gasteiger partial charge in [0.05, 0.1) is 11.7 Å². The lowest BCUT2D eigenvalue weighted by Crippen LogP contribution is -2.37. The summed E-state index contributed by atoms with van der Waals surface area (Å²) in [6, 6.07) is 0. The van der Waals surface area contributed by atoms with Gasteiger partial charge in [-0.1, -0.05) is 20.8 Å². The third kappa shape index (κ3) is 2.00. The van der Waals surface area contributed by atoms with Crippen molar-refractivity contribution >= 4 is 0 Å². The molecule has 0 aromatic heterocycles. The molecule has 0 aromatic rings. The van der Waals surface area contributed by atoms with Gasteiger partial charge < -0.3 is 14.7 Å². The zero-order valence-corrected chi connectivity index (χ0v) is 12.0. The van der Waals surface area contributed by atoms with Crippen LogP contribution in [0.4, 0.5) is 0 Å². The van der Waals surface area contributed by atoms with E-state index in [-0.39, 0.29) is 5.60 Å². The van der Waals surface area contributed by atoms with Crippen molar-refractivity contribution in [2.75, 3.05) is 26.2 Å². The van der Waals surface area contributed by atoms with Gasteiger partial charge in [-0.05, 0) is 31.2 Å². The number of ether oxygens (including phenoxy) is 1. The maximum absolute atomic E-state index is 9.58. The second kappa shape index (κ2) is 4.19. The Hall–Kier alpha value is -0.120. The zero-order chi connectivity index (χ0) is 13.0. The van der Waals surface area contributed by atoms with E-state index in [1.54, 1.807) is 0 Å². The molecule has 0 unspecified atom stereocenters. The van der Waals surface area contributed by atoms with E-state index in [0.717, 1.165) is 19.5 Å². The van der Waals surface area contributed by atoms with Crippen LogP contribution < -0.4 is 0 Å². The molecule has 1 N–H and O–H groups in total. The SMILES string of the molecule is CC(C)(C)CCN1C[C@@H]2[C@H](CO)[C@H]3CC[C@]2(C1)O3. The molecular formula is C15H27NO2. The van der Waals surface area contributed by atoms with Crippen LogP contribution in [0.5, 0.6) is 0 Å². The summed E-state index contributed by atoms with van der Waals surface area (Å²) < 4.78 is 6.25. The van der Waals surface area contributed by atoms with Crippen molar-refractivity contribution in [3.63, 3.8) is 0 Å². The van der Waals surface area contributed by atoms with Gasteiger partial charge in [-0.25, -0.2) is 0 Å². The largest absolute Gasteiger partial charge is 0.396 e. The fraction of sp³-hybridized carbons (Fsp3) is 1.00. The Morgan fingerprint density at radius 2 is 2.17 bits per heavy atom. The molecule has 3 rings (SSSR count). The molecule has 3 heterocycles. The Labute approximate surface area is 110 Å². The van der Waals surface area contributed by atoms with Crippen LogP contribution in [0.3, 0.4) is 0 Å². The quantitative estimate of drug-likeness (QED) is 0.834. The highest BCUT2D eigenvalue weighted by Gasteiger charge is 2.62. The van der Waals surface area contributed by atoms with Gasteiger partial charge in [0, 0.05) is 31.5 Å². The molecule has 3 aliphatic rings. The monoisotopic (exact) mass is 253 g/mol. The molecule has 18 heavy (non-hydrogen) atoms. The minimum absolute atomic E-state index is 0.107. The Kier molecular flexibility index (Phi) is 3.00. The lowest BCUT2D eigenvalue weighted by atomic mass is 9.74. The van der Waals surface area contributed by atoms with Crippen molar-refractivity contribution in [3.05, 3.63) is 0 Å². The molecule has 0 aromatic carbocycles. The number of aliphatic hydroxyl groups is 1. The third-order valence-electron chi connectivity index (χ3n) is 5.24. The molecule has 1 spiro atoms. The average molecular weight is 253 g/mol. The highest BCUT2D eigenvalue weighted by molar-refractivity contribution is 5.12. The van der Waals surface area contributed by atoms with E-state index in [0.29, 0.717) is 30.0 Å². The fourth-order valence-electron chi connectivity index (χ4n) is 4.19. The van der Waals surface area contributed by atoms with Crippen molar-refractivity contribution in [1.82, 2.24) is 4.90 Å². The number of nitrogens with zero attached hydrogens (tertiary/aromatic N) is 1. The highest BCUT2D eigenvalue weighted by atomic mass is 16.5. The van der Waals surface area contributed by atoms with Crippen molar-refractivity contribution in [1.29, 1.82) is 0 Å². The van der Waals surface area contributed by atoms with Crippen LogP contribution >= 0.6 is 0 Å². The second-order valence-corrected chi connectivity index (χ2v) is 7.76. The average Bonchev–Trinajstić information content (AvgIpc) is 2.90. The number of rotatable bonds is 3. The smallest absolute Gasteiger partial charge is 0.0858 e. The molecule has 0 aliphatic carbocycles. The number of aliphatic hydroxyl groups excluding tert-OH is 1. The Balaban J connectivity index is 1.64. The van der Waals surface area contributed by atoms with Gasteiger partial charge >= 0.3 is 0 Å². The van der Waals surface area contributed by atoms with E-state index in [2.05, 4.69) is 25.7 Å². The summed E-state index contributed by atoms with van der Waals surface area (Å²) in [6.45, 7) is 10.6. The van der Waals surface area contributed by atoms with Crippen LogP contribution in [0.2, 0.25) is 0 Å². The van der Waals surface area contributed by atoms with Gasteiger partial charge in [-0.15, -0.1) is 0 Å². The number of hydrogen-bond donors (Lipinski definition) is 1. The molecule has 3 nitrogen and oxygen atoms in total. The summed E-state index contributed by atoms with van der Waals surface area (Å²) in [5.41, 5.74) is 0.515. The zero-order valence-electron chi connectivity index (χ0n) is 12.0. The topological polar surface area (TPSA) is 32.7 Å². The Bertz CT molecular complexity index is 325. The molecule has 3 saturated heterocycles. The first kappa shape index (κ1) is 12.9. The van der Waals surface area contributed by atoms with Crippen LogP contribution in [0, 0.1) is 17.3 Å². The summed E-state index contributed by atoms with van der Waals surface area (Å²) in [5, 5.41) is 9.58. The molecule has 104 valence electrons. The van der Waals surface area contributed by atoms with Crippen LogP contribution in [-0.2, 0) is 4.74 Å². The van der Waals surface area contributed by atoms with Gasteiger partial charge in [0.2, 0.25) is 0 Å². The molecule has 3 heteroatoms. The van der Waals surface area contributed by atoms with E-state index in [1.165, 1.54) is 19.4 Å². The van der Waals surface area contributed by atoms with Crippen LogP contribution in [0.15, 0.2) is 0 Å². The molecule has 0 radical (unpaired) electrons. The first-order valence-electron chi connectivity index (χ1n) is 7.45. The summed E-state index contributed by atoms with van der Waals surface area (Å²) in [6.07, 6.45) is 3.97. The van der Waals surface area contributed by atoms with Crippen LogP contribution in [-0.4, -0.2) is 48.0 Å². The molecule has 0 amide bonds. The number of hydrogen-bond acceptors (Lipinski definition) is 3. The fourth-order valence-corrected chi connectivity index (χ4v) is 4.19. The van der Waals surface area contributed by atoms with E-state index >= 15 is 0 Å². The van der Waals surface area contributed by atoms with Gasteiger partial charge in [0.25, 0.3) is 0 Å². The van der Waals surface area contributed by atoms with Crippen LogP contribution in [0.1, 0.15) is 40.0 Å². The number of likely N-dealkylation sites (tertiary alicyclic amines) is 1. The van der Waals surface area contributed by atoms with Gasteiger partial charge in [-0.2, -0.15) is 0 Å². The number of fused-ring (bicyclic) bond motifs is 1. The minimum atomic E-state index is 0.107. The first-order chi connectivity index (χ1) is 8.43. The maximum atomic E-state index is 9.58. The second-order valence-electron chi connectivity index (χ2n) is 7.76. The summed E-state index contributed by atoms with van der Waals surface area (Å²) >= 11 is 0. The summed E-state index contributed by atoms with van der Waals surface area (Å²) in [4.78, 5) is 2.57. The molecule has 3 aliphatic heterocycles. The lowest BCUT2D eigenvalue weighted by molar-refractivity contribution is 0.000335. The van der Waals surface area contributed by atoms with E-state index in [4.69, 9.17) is 4.74 Å². The Morgan fingerprint density at radius 3 is 2.83 bits per heavy atom. The molecule has 0 saturated carbocycles. The normalized spacial score (nSPS) is 43.7. The minimum Gasteiger partial charge on any atom is -0.396 e. The molecule has 2 bridgehead atoms. The summed E-state index contributed by atoms with van der Waals surface area (Å²) in [7, 11) is 0. The van der Waals surface area contributed by atoms with E-state index in [9.17, 15) is 5.11 Å². The van der Waals surface area contributed by atoms with E-state index < -0.39 is 0 Å². The van der Waals surface area contributed by atoms with Gasteiger partial charge in [0.15, 0.2) is 0 Å². The molecular weight excluding hydrogens is 226 g/mol. The first-order valence-corrected chi connectivity index (χ1v) is 7.45. The van der Waals surface area contributed by atoms with Crippen molar-refractivity contribution in [2.45, 2.75) is 51.7 Å². The Morgan fingerprint density at radius 1 is 1.39 bits per heavy atom. The standard InChI is InChI=1S/C15H27NO2/c1-14(2,3)6-7-16-8-12-11(9-17)13-4-5-15(12,10-16)18-13/h11-13,17H,4-10H2,1-3H3/t11-,12+,13+,15+/m0/s1. The predicted molar refractivity (Wildman–Crippen MR) is 71.4 cm³/mol. The van der Waals surface area contributed by atoms with Gasteiger partial charge in [-0.3, -0.25) is 0 Å². The predicted octanol–water partition coefficient (Wildman–Crippen LogP) is 1.89. The van der Waals surface area contributed by atoms with Gasteiger partial charge in [0.1, 0.15) is 0 Å². The third-order valence-corrected chi connectivity index (χ3v) is 5.24. The van der Waals surface area contributed by atoms with Crippen molar-refractivity contribution in [3.8, 4) is 0 Å². The lowest BCUT2D eigenvalue weighted by Gasteiger charge is -2.28. The molecule has 4 atom stereocenters. The van der Waals surface area contributed by atoms with E-state index in [1.807, 2.05) is 0 Å². The van der Waals surface area contributed by atoms with Crippen molar-refractivity contribution < 1.29 is 9.84 Å². The molecule has 3 fully saturated rings. The highest BCUT2D eigenvalue weighted by Crippen LogP contribution is 2.54.